The molecule has 0 N–H and O–H groups in total. The normalized spacial score (nSPS) is 19.7. The first-order valence-electron chi connectivity index (χ1n) is 6.83. The molecule has 0 aliphatic carbocycles. The Balaban J connectivity index is 1.64. The van der Waals surface area contributed by atoms with Crippen LogP contribution in [0, 0.1) is 0 Å². The fourth-order valence-corrected chi connectivity index (χ4v) is 3.27. The van der Waals surface area contributed by atoms with Crippen LogP contribution >= 0.6 is 15.9 Å². The topological polar surface area (TPSA) is 3.24 Å². The second-order valence-corrected chi connectivity index (χ2v) is 6.18. The van der Waals surface area contributed by atoms with Crippen LogP contribution in [-0.2, 0) is 6.54 Å². The van der Waals surface area contributed by atoms with Crippen molar-refractivity contribution in [2.45, 2.75) is 18.9 Å². The lowest BCUT2D eigenvalue weighted by molar-refractivity contribution is 0.327. The third-order valence-electron chi connectivity index (χ3n) is 3.84. The summed E-state index contributed by atoms with van der Waals surface area (Å²) in [6, 6.07) is 19.5. The van der Waals surface area contributed by atoms with Gasteiger partial charge in [0, 0.05) is 17.6 Å². The van der Waals surface area contributed by atoms with E-state index in [0.717, 1.165) is 6.54 Å². The van der Waals surface area contributed by atoms with Crippen LogP contribution in [-0.4, -0.2) is 18.0 Å². The van der Waals surface area contributed by atoms with Gasteiger partial charge in [0.1, 0.15) is 0 Å². The average Bonchev–Trinajstić information content (AvgIpc) is 2.88. The van der Waals surface area contributed by atoms with Gasteiger partial charge in [-0.25, -0.2) is 0 Å². The molecule has 1 aliphatic rings. The monoisotopic (exact) mass is 315 g/mol. The van der Waals surface area contributed by atoms with Gasteiger partial charge in [-0.2, -0.15) is 0 Å². The van der Waals surface area contributed by atoms with Crippen LogP contribution in [0.4, 0.5) is 0 Å². The first-order valence-corrected chi connectivity index (χ1v) is 7.62. The van der Waals surface area contributed by atoms with Crippen molar-refractivity contribution in [3.8, 4) is 0 Å². The molecule has 98 valence electrons. The molecule has 1 aliphatic heterocycles. The Kier molecular flexibility index (Phi) is 4.00. The number of halogens is 1. The van der Waals surface area contributed by atoms with Gasteiger partial charge >= 0.3 is 0 Å². The highest BCUT2D eigenvalue weighted by molar-refractivity contribution is 9.10. The summed E-state index contributed by atoms with van der Waals surface area (Å²) in [4.78, 5) is 2.56. The van der Waals surface area contributed by atoms with Gasteiger partial charge in [0.25, 0.3) is 0 Å². The summed E-state index contributed by atoms with van der Waals surface area (Å²) >= 11 is 3.56. The largest absolute Gasteiger partial charge is 0.298 e. The quantitative estimate of drug-likeness (QED) is 0.809. The summed E-state index contributed by atoms with van der Waals surface area (Å²) < 4.78 is 1.19. The predicted molar refractivity (Wildman–Crippen MR) is 83.2 cm³/mol. The highest BCUT2D eigenvalue weighted by atomic mass is 79.9. The molecule has 2 aromatic carbocycles. The first-order chi connectivity index (χ1) is 9.31. The Morgan fingerprint density at radius 1 is 1.05 bits per heavy atom. The molecular formula is C17H18BrN. The molecular weight excluding hydrogens is 298 g/mol. The number of rotatable bonds is 3. The Hall–Kier alpha value is -1.12. The van der Waals surface area contributed by atoms with Crippen molar-refractivity contribution < 1.29 is 0 Å². The Morgan fingerprint density at radius 2 is 1.89 bits per heavy atom. The molecule has 0 aromatic heterocycles. The molecule has 0 radical (unpaired) electrons. The van der Waals surface area contributed by atoms with E-state index in [1.807, 2.05) is 0 Å². The van der Waals surface area contributed by atoms with Crippen molar-refractivity contribution in [3.63, 3.8) is 0 Å². The van der Waals surface area contributed by atoms with Crippen LogP contribution in [0.5, 0.6) is 0 Å². The predicted octanol–water partition coefficient (Wildman–Crippen LogP) is 4.44. The van der Waals surface area contributed by atoms with E-state index in [4.69, 9.17) is 0 Å². The SMILES string of the molecule is Brc1cccc(C2CCN(Cc3ccccc3)C2)c1. The Bertz CT molecular complexity index is 538. The van der Waals surface area contributed by atoms with E-state index in [1.165, 1.54) is 35.1 Å². The van der Waals surface area contributed by atoms with Crippen molar-refractivity contribution in [1.29, 1.82) is 0 Å². The number of benzene rings is 2. The minimum Gasteiger partial charge on any atom is -0.298 e. The standard InChI is InChI=1S/C17H18BrN/c18-17-8-4-7-15(11-17)16-9-10-19(13-16)12-14-5-2-1-3-6-14/h1-8,11,16H,9-10,12-13H2. The van der Waals surface area contributed by atoms with Crippen molar-refractivity contribution in [1.82, 2.24) is 4.90 Å². The van der Waals surface area contributed by atoms with Gasteiger partial charge in [-0.3, -0.25) is 4.90 Å². The van der Waals surface area contributed by atoms with Crippen LogP contribution in [0.1, 0.15) is 23.5 Å². The summed E-state index contributed by atoms with van der Waals surface area (Å²) in [5, 5.41) is 0. The third kappa shape index (κ3) is 3.26. The summed E-state index contributed by atoms with van der Waals surface area (Å²) in [7, 11) is 0. The van der Waals surface area contributed by atoms with Crippen LogP contribution < -0.4 is 0 Å². The van der Waals surface area contributed by atoms with Gasteiger partial charge in [-0.1, -0.05) is 58.4 Å². The van der Waals surface area contributed by atoms with E-state index in [9.17, 15) is 0 Å². The molecule has 0 spiro atoms. The molecule has 2 aromatic rings. The highest BCUT2D eigenvalue weighted by Crippen LogP contribution is 2.29. The summed E-state index contributed by atoms with van der Waals surface area (Å²) in [6.07, 6.45) is 1.27. The average molecular weight is 316 g/mol. The summed E-state index contributed by atoms with van der Waals surface area (Å²) in [6.45, 7) is 3.45. The van der Waals surface area contributed by atoms with Crippen molar-refractivity contribution in [2.24, 2.45) is 0 Å². The summed E-state index contributed by atoms with van der Waals surface area (Å²) in [5.74, 6) is 0.682. The van der Waals surface area contributed by atoms with Gasteiger partial charge in [0.05, 0.1) is 0 Å². The molecule has 1 saturated heterocycles. The third-order valence-corrected chi connectivity index (χ3v) is 4.33. The van der Waals surface area contributed by atoms with Gasteiger partial charge in [0.2, 0.25) is 0 Å². The zero-order valence-electron chi connectivity index (χ0n) is 10.9. The fourth-order valence-electron chi connectivity index (χ4n) is 2.85. The lowest BCUT2D eigenvalue weighted by Gasteiger charge is -2.16. The molecule has 1 fully saturated rings. The van der Waals surface area contributed by atoms with E-state index < -0.39 is 0 Å². The lowest BCUT2D eigenvalue weighted by atomic mass is 9.99. The van der Waals surface area contributed by atoms with Crippen LogP contribution in [0.15, 0.2) is 59.1 Å². The molecule has 2 heteroatoms. The van der Waals surface area contributed by atoms with Crippen LogP contribution in [0.25, 0.3) is 0 Å². The van der Waals surface area contributed by atoms with Crippen molar-refractivity contribution in [3.05, 3.63) is 70.2 Å². The van der Waals surface area contributed by atoms with E-state index in [-0.39, 0.29) is 0 Å². The smallest absolute Gasteiger partial charge is 0.0233 e. The molecule has 0 amide bonds. The zero-order valence-corrected chi connectivity index (χ0v) is 12.5. The van der Waals surface area contributed by atoms with E-state index in [1.54, 1.807) is 0 Å². The molecule has 1 nitrogen and oxygen atoms in total. The fraction of sp³-hybridized carbons (Fsp3) is 0.294. The maximum atomic E-state index is 3.56. The molecule has 0 bridgehead atoms. The second kappa shape index (κ2) is 5.89. The minimum atomic E-state index is 0.682. The van der Waals surface area contributed by atoms with Crippen molar-refractivity contribution >= 4 is 15.9 Å². The maximum Gasteiger partial charge on any atom is 0.0233 e. The molecule has 1 atom stereocenters. The van der Waals surface area contributed by atoms with Gasteiger partial charge in [0.15, 0.2) is 0 Å². The summed E-state index contributed by atoms with van der Waals surface area (Å²) in [5.41, 5.74) is 2.88. The van der Waals surface area contributed by atoms with E-state index >= 15 is 0 Å². The Morgan fingerprint density at radius 3 is 2.68 bits per heavy atom. The van der Waals surface area contributed by atoms with E-state index in [2.05, 4.69) is 75.4 Å². The maximum absolute atomic E-state index is 3.56. The first kappa shape index (κ1) is 12.9. The van der Waals surface area contributed by atoms with Crippen LogP contribution in [0.2, 0.25) is 0 Å². The number of nitrogens with zero attached hydrogens (tertiary/aromatic N) is 1. The lowest BCUT2D eigenvalue weighted by Crippen LogP contribution is -2.19. The molecule has 3 rings (SSSR count). The van der Waals surface area contributed by atoms with Gasteiger partial charge in [-0.15, -0.1) is 0 Å². The molecule has 1 heterocycles. The Labute approximate surface area is 123 Å². The molecule has 1 unspecified atom stereocenters. The zero-order chi connectivity index (χ0) is 13.1. The van der Waals surface area contributed by atoms with Gasteiger partial charge < -0.3 is 0 Å². The number of likely N-dealkylation sites (tertiary alicyclic amines) is 1. The van der Waals surface area contributed by atoms with Crippen LogP contribution in [0.3, 0.4) is 0 Å². The number of hydrogen-bond donors (Lipinski definition) is 0. The number of hydrogen-bond acceptors (Lipinski definition) is 1. The molecule has 0 saturated carbocycles. The minimum absolute atomic E-state index is 0.682. The highest BCUT2D eigenvalue weighted by Gasteiger charge is 2.23. The second-order valence-electron chi connectivity index (χ2n) is 5.26. The van der Waals surface area contributed by atoms with E-state index in [0.29, 0.717) is 5.92 Å². The van der Waals surface area contributed by atoms with Crippen molar-refractivity contribution in [2.75, 3.05) is 13.1 Å². The molecule has 19 heavy (non-hydrogen) atoms. The van der Waals surface area contributed by atoms with Gasteiger partial charge in [-0.05, 0) is 42.1 Å².